The molecule has 0 aliphatic carbocycles. The SMILES string of the molecule is COc1ccc(N2CCN(C(=O)[C@H]3CCCN(Cc4ccc(F)cc4)C3)CC2)cc1. The van der Waals surface area contributed by atoms with Gasteiger partial charge in [-0.25, -0.2) is 4.39 Å². The molecule has 0 spiro atoms. The normalized spacial score (nSPS) is 20.3. The van der Waals surface area contributed by atoms with Gasteiger partial charge in [0.25, 0.3) is 0 Å². The molecule has 0 unspecified atom stereocenters. The van der Waals surface area contributed by atoms with Crippen LogP contribution in [0.4, 0.5) is 10.1 Å². The van der Waals surface area contributed by atoms with Crippen molar-refractivity contribution in [2.45, 2.75) is 19.4 Å². The van der Waals surface area contributed by atoms with Crippen LogP contribution in [0.25, 0.3) is 0 Å². The molecule has 0 N–H and O–H groups in total. The van der Waals surface area contributed by atoms with E-state index >= 15 is 0 Å². The average Bonchev–Trinajstić information content (AvgIpc) is 2.80. The summed E-state index contributed by atoms with van der Waals surface area (Å²) in [5.41, 5.74) is 2.27. The van der Waals surface area contributed by atoms with Crippen LogP contribution in [0.15, 0.2) is 48.5 Å². The lowest BCUT2D eigenvalue weighted by Crippen LogP contribution is -2.52. The highest BCUT2D eigenvalue weighted by molar-refractivity contribution is 5.79. The van der Waals surface area contributed by atoms with Crippen LogP contribution in [0.1, 0.15) is 18.4 Å². The summed E-state index contributed by atoms with van der Waals surface area (Å²) < 4.78 is 18.4. The maximum atomic E-state index is 13.1. The van der Waals surface area contributed by atoms with Crippen molar-refractivity contribution in [1.29, 1.82) is 0 Å². The number of likely N-dealkylation sites (tertiary alicyclic amines) is 1. The van der Waals surface area contributed by atoms with E-state index in [2.05, 4.69) is 21.9 Å². The molecule has 30 heavy (non-hydrogen) atoms. The van der Waals surface area contributed by atoms with E-state index in [1.807, 2.05) is 29.2 Å². The Morgan fingerprint density at radius 3 is 2.37 bits per heavy atom. The molecule has 160 valence electrons. The fourth-order valence-electron chi connectivity index (χ4n) is 4.49. The maximum Gasteiger partial charge on any atom is 0.227 e. The van der Waals surface area contributed by atoms with Crippen molar-refractivity contribution >= 4 is 11.6 Å². The molecule has 0 radical (unpaired) electrons. The smallest absolute Gasteiger partial charge is 0.227 e. The van der Waals surface area contributed by atoms with E-state index in [9.17, 15) is 9.18 Å². The Hall–Kier alpha value is -2.60. The van der Waals surface area contributed by atoms with Gasteiger partial charge < -0.3 is 14.5 Å². The first-order chi connectivity index (χ1) is 14.6. The predicted octanol–water partition coefficient (Wildman–Crippen LogP) is 3.40. The number of anilines is 1. The molecule has 0 bridgehead atoms. The molecule has 2 aromatic rings. The van der Waals surface area contributed by atoms with Crippen LogP contribution >= 0.6 is 0 Å². The lowest BCUT2D eigenvalue weighted by Gasteiger charge is -2.39. The quantitative estimate of drug-likeness (QED) is 0.756. The molecule has 5 nitrogen and oxygen atoms in total. The standard InChI is InChI=1S/C24H30FN3O2/c1-30-23-10-8-22(9-11-23)27-13-15-28(16-14-27)24(29)20-3-2-12-26(18-20)17-19-4-6-21(25)7-5-19/h4-11,20H,2-3,12-18H2,1H3/t20-/m0/s1. The van der Waals surface area contributed by atoms with E-state index in [0.29, 0.717) is 0 Å². The Kier molecular flexibility index (Phi) is 6.53. The number of benzene rings is 2. The number of methoxy groups -OCH3 is 1. The number of piperidine rings is 1. The van der Waals surface area contributed by atoms with E-state index in [0.717, 1.165) is 70.0 Å². The number of carbonyl (C=O) groups is 1. The molecule has 2 heterocycles. The molecule has 0 saturated carbocycles. The Balaban J connectivity index is 1.29. The van der Waals surface area contributed by atoms with E-state index in [-0.39, 0.29) is 17.6 Å². The molecule has 2 saturated heterocycles. The first-order valence-electron chi connectivity index (χ1n) is 10.8. The molecule has 4 rings (SSSR count). The Labute approximate surface area is 178 Å². The van der Waals surface area contributed by atoms with Gasteiger partial charge in [-0.3, -0.25) is 9.69 Å². The first-order valence-corrected chi connectivity index (χ1v) is 10.8. The van der Waals surface area contributed by atoms with Crippen molar-refractivity contribution in [3.8, 4) is 5.75 Å². The number of nitrogens with zero attached hydrogens (tertiary/aromatic N) is 3. The second-order valence-electron chi connectivity index (χ2n) is 8.21. The number of piperazine rings is 1. The molecule has 1 amide bonds. The molecule has 2 fully saturated rings. The van der Waals surface area contributed by atoms with E-state index in [1.54, 1.807) is 7.11 Å². The van der Waals surface area contributed by atoms with Gasteiger partial charge in [0.15, 0.2) is 0 Å². The summed E-state index contributed by atoms with van der Waals surface area (Å²) in [5.74, 6) is 0.995. The number of amides is 1. The fraction of sp³-hybridized carbons (Fsp3) is 0.458. The van der Waals surface area contributed by atoms with Crippen molar-refractivity contribution in [2.24, 2.45) is 5.92 Å². The number of hydrogen-bond acceptors (Lipinski definition) is 4. The van der Waals surface area contributed by atoms with Crippen LogP contribution < -0.4 is 9.64 Å². The monoisotopic (exact) mass is 411 g/mol. The van der Waals surface area contributed by atoms with Gasteiger partial charge in [-0.1, -0.05) is 12.1 Å². The van der Waals surface area contributed by atoms with Crippen LogP contribution in [0.5, 0.6) is 5.75 Å². The van der Waals surface area contributed by atoms with Gasteiger partial charge >= 0.3 is 0 Å². The third kappa shape index (κ3) is 4.93. The minimum Gasteiger partial charge on any atom is -0.497 e. The van der Waals surface area contributed by atoms with Gasteiger partial charge in [-0.2, -0.15) is 0 Å². The second kappa shape index (κ2) is 9.47. The molecule has 0 aromatic heterocycles. The minimum absolute atomic E-state index is 0.0618. The Bertz CT molecular complexity index is 833. The lowest BCUT2D eigenvalue weighted by atomic mass is 9.95. The highest BCUT2D eigenvalue weighted by atomic mass is 19.1. The van der Waals surface area contributed by atoms with E-state index in [4.69, 9.17) is 4.74 Å². The van der Waals surface area contributed by atoms with Gasteiger partial charge in [0.1, 0.15) is 11.6 Å². The zero-order valence-corrected chi connectivity index (χ0v) is 17.6. The number of ether oxygens (including phenoxy) is 1. The van der Waals surface area contributed by atoms with Crippen molar-refractivity contribution in [3.05, 3.63) is 59.9 Å². The molecule has 2 aliphatic rings. The van der Waals surface area contributed by atoms with Crippen LogP contribution in [0.2, 0.25) is 0 Å². The molecular weight excluding hydrogens is 381 g/mol. The molecule has 1 atom stereocenters. The topological polar surface area (TPSA) is 36.0 Å². The zero-order valence-electron chi connectivity index (χ0n) is 17.6. The first kappa shape index (κ1) is 20.7. The number of halogens is 1. The number of carbonyl (C=O) groups excluding carboxylic acids is 1. The van der Waals surface area contributed by atoms with Crippen LogP contribution in [-0.2, 0) is 11.3 Å². The van der Waals surface area contributed by atoms with Crippen molar-refractivity contribution in [2.75, 3.05) is 51.3 Å². The van der Waals surface area contributed by atoms with Gasteiger partial charge in [-0.15, -0.1) is 0 Å². The Morgan fingerprint density at radius 2 is 1.70 bits per heavy atom. The van der Waals surface area contributed by atoms with E-state index < -0.39 is 0 Å². The average molecular weight is 412 g/mol. The number of rotatable bonds is 5. The summed E-state index contributed by atoms with van der Waals surface area (Å²) in [6.45, 7) is 5.78. The maximum absolute atomic E-state index is 13.1. The summed E-state index contributed by atoms with van der Waals surface area (Å²) in [5, 5.41) is 0. The fourth-order valence-corrected chi connectivity index (χ4v) is 4.49. The Morgan fingerprint density at radius 1 is 1.00 bits per heavy atom. The third-order valence-corrected chi connectivity index (χ3v) is 6.20. The second-order valence-corrected chi connectivity index (χ2v) is 8.21. The van der Waals surface area contributed by atoms with Crippen molar-refractivity contribution < 1.29 is 13.9 Å². The molecule has 6 heteroatoms. The van der Waals surface area contributed by atoms with E-state index in [1.165, 1.54) is 17.8 Å². The highest BCUT2D eigenvalue weighted by Gasteiger charge is 2.31. The lowest BCUT2D eigenvalue weighted by molar-refractivity contribution is -0.137. The highest BCUT2D eigenvalue weighted by Crippen LogP contribution is 2.24. The predicted molar refractivity (Wildman–Crippen MR) is 116 cm³/mol. The molecule has 2 aliphatic heterocycles. The largest absolute Gasteiger partial charge is 0.497 e. The van der Waals surface area contributed by atoms with Crippen molar-refractivity contribution in [1.82, 2.24) is 9.80 Å². The molecular formula is C24H30FN3O2. The summed E-state index contributed by atoms with van der Waals surface area (Å²) in [4.78, 5) is 19.8. The van der Waals surface area contributed by atoms with Gasteiger partial charge in [0.05, 0.1) is 13.0 Å². The van der Waals surface area contributed by atoms with Crippen LogP contribution in [0.3, 0.4) is 0 Å². The summed E-state index contributed by atoms with van der Waals surface area (Å²) in [7, 11) is 1.67. The van der Waals surface area contributed by atoms with Gasteiger partial charge in [-0.05, 0) is 61.3 Å². The minimum atomic E-state index is -0.209. The zero-order chi connectivity index (χ0) is 20.9. The summed E-state index contributed by atoms with van der Waals surface area (Å²) >= 11 is 0. The number of hydrogen-bond donors (Lipinski definition) is 0. The van der Waals surface area contributed by atoms with Gasteiger partial charge in [0.2, 0.25) is 5.91 Å². The summed E-state index contributed by atoms with van der Waals surface area (Å²) in [6, 6.07) is 14.8. The molecule has 2 aromatic carbocycles. The summed E-state index contributed by atoms with van der Waals surface area (Å²) in [6.07, 6.45) is 1.99. The van der Waals surface area contributed by atoms with Crippen LogP contribution in [-0.4, -0.2) is 62.1 Å². The van der Waals surface area contributed by atoms with Crippen LogP contribution in [0, 0.1) is 11.7 Å². The van der Waals surface area contributed by atoms with Gasteiger partial charge in [0, 0.05) is 45.0 Å². The third-order valence-electron chi connectivity index (χ3n) is 6.20. The van der Waals surface area contributed by atoms with Crippen molar-refractivity contribution in [3.63, 3.8) is 0 Å².